The van der Waals surface area contributed by atoms with Crippen molar-refractivity contribution >= 4 is 11.6 Å². The van der Waals surface area contributed by atoms with Crippen molar-refractivity contribution in [1.29, 1.82) is 0 Å². The predicted molar refractivity (Wildman–Crippen MR) is 131 cm³/mol. The fourth-order valence-electron chi connectivity index (χ4n) is 2.41. The Bertz CT molecular complexity index is 416. The van der Waals surface area contributed by atoms with Gasteiger partial charge in [0.15, 0.2) is 11.6 Å². The minimum atomic E-state index is -1.79. The van der Waals surface area contributed by atoms with Crippen LogP contribution >= 0.6 is 0 Å². The number of hydrogen-bond donors (Lipinski definition) is 2. The smallest absolute Gasteiger partial charge is 0.212 e. The van der Waals surface area contributed by atoms with Gasteiger partial charge in [-0.05, 0) is 45.6 Å². The number of aliphatic hydroxyl groups excluding tert-OH is 1. The third-order valence-electron chi connectivity index (χ3n) is 4.33. The molecule has 5 nitrogen and oxygen atoms in total. The summed E-state index contributed by atoms with van der Waals surface area (Å²) in [5, 5.41) is 15.7. The lowest BCUT2D eigenvalue weighted by Crippen LogP contribution is -2.14. The molecule has 0 bridgehead atoms. The molecule has 5 heteroatoms. The Morgan fingerprint density at radius 3 is 1.61 bits per heavy atom. The van der Waals surface area contributed by atoms with E-state index >= 15 is 0 Å². The SMILES string of the molecule is C=CCCCCCCCC.CC(=O)C(O)O.CCCCCCCCC=COCC(C)=O. The van der Waals surface area contributed by atoms with E-state index in [2.05, 4.69) is 20.4 Å². The van der Waals surface area contributed by atoms with Gasteiger partial charge in [0.1, 0.15) is 6.61 Å². The maximum absolute atomic E-state index is 10.5. The molecule has 0 aromatic carbocycles. The minimum Gasteiger partial charge on any atom is -0.494 e. The zero-order chi connectivity index (χ0) is 24.2. The summed E-state index contributed by atoms with van der Waals surface area (Å²) < 4.78 is 5.01. The number of ether oxygens (including phenoxy) is 1. The van der Waals surface area contributed by atoms with E-state index < -0.39 is 12.1 Å². The van der Waals surface area contributed by atoms with Gasteiger partial charge >= 0.3 is 0 Å². The van der Waals surface area contributed by atoms with Crippen LogP contribution in [0.2, 0.25) is 0 Å². The average molecular weight is 443 g/mol. The molecule has 0 aliphatic rings. The number of ketones is 2. The van der Waals surface area contributed by atoms with Gasteiger partial charge in [0, 0.05) is 0 Å². The predicted octanol–water partition coefficient (Wildman–Crippen LogP) is 6.67. The average Bonchev–Trinajstić information content (AvgIpc) is 2.72. The van der Waals surface area contributed by atoms with Gasteiger partial charge in [-0.15, -0.1) is 6.58 Å². The van der Waals surface area contributed by atoms with E-state index in [-0.39, 0.29) is 12.4 Å². The first-order valence-corrected chi connectivity index (χ1v) is 12.1. The summed E-state index contributed by atoms with van der Waals surface area (Å²) in [6, 6.07) is 0. The molecule has 0 aromatic rings. The number of Topliss-reactive ketones (excluding diaryl/α,β-unsaturated/α-hetero) is 2. The zero-order valence-corrected chi connectivity index (χ0v) is 20.7. The molecular weight excluding hydrogens is 392 g/mol. The van der Waals surface area contributed by atoms with Crippen LogP contribution in [0.15, 0.2) is 25.0 Å². The number of carbonyl (C=O) groups excluding carboxylic acids is 2. The summed E-state index contributed by atoms with van der Waals surface area (Å²) in [6.07, 6.45) is 22.4. The van der Waals surface area contributed by atoms with Gasteiger partial charge in [-0.2, -0.15) is 0 Å². The molecule has 2 N–H and O–H groups in total. The van der Waals surface area contributed by atoms with Crippen LogP contribution in [0.5, 0.6) is 0 Å². The topological polar surface area (TPSA) is 83.8 Å². The fraction of sp³-hybridized carbons (Fsp3) is 0.769. The van der Waals surface area contributed by atoms with Crippen LogP contribution in [0.4, 0.5) is 0 Å². The quantitative estimate of drug-likeness (QED) is 0.107. The summed E-state index contributed by atoms with van der Waals surface area (Å²) in [4.78, 5) is 20.2. The molecule has 0 aliphatic carbocycles. The van der Waals surface area contributed by atoms with Crippen LogP contribution in [-0.2, 0) is 14.3 Å². The molecule has 0 heterocycles. The number of aliphatic hydroxyl groups is 2. The van der Waals surface area contributed by atoms with Crippen molar-refractivity contribution in [2.45, 2.75) is 124 Å². The third kappa shape index (κ3) is 43.3. The van der Waals surface area contributed by atoms with Crippen LogP contribution in [-0.4, -0.2) is 34.7 Å². The first kappa shape index (κ1) is 34.2. The van der Waals surface area contributed by atoms with Crippen LogP contribution < -0.4 is 0 Å². The molecule has 0 saturated carbocycles. The summed E-state index contributed by atoms with van der Waals surface area (Å²) >= 11 is 0. The third-order valence-corrected chi connectivity index (χ3v) is 4.33. The van der Waals surface area contributed by atoms with Gasteiger partial charge < -0.3 is 14.9 Å². The molecule has 0 rings (SSSR count). The molecule has 31 heavy (non-hydrogen) atoms. The Balaban J connectivity index is -0.000000421. The summed E-state index contributed by atoms with van der Waals surface area (Å²) in [6.45, 7) is 11.0. The summed E-state index contributed by atoms with van der Waals surface area (Å²) in [5.74, 6) is -0.561. The Hall–Kier alpha value is -1.46. The first-order valence-electron chi connectivity index (χ1n) is 12.1. The van der Waals surface area contributed by atoms with Crippen molar-refractivity contribution in [3.8, 4) is 0 Å². The van der Waals surface area contributed by atoms with Crippen LogP contribution in [0.3, 0.4) is 0 Å². The normalized spacial score (nSPS) is 10.2. The number of unbranched alkanes of at least 4 members (excludes halogenated alkanes) is 12. The van der Waals surface area contributed by atoms with E-state index in [0.29, 0.717) is 0 Å². The van der Waals surface area contributed by atoms with Crippen molar-refractivity contribution in [3.63, 3.8) is 0 Å². The standard InChI is InChI=1S/C13H24O2.C10H20.C3H6O3/c1-3-4-5-6-7-8-9-10-11-15-12-13(2)14;1-3-5-7-9-10-8-6-4-2;1-2(4)3(5)6/h10-11H,3-9,12H2,1-2H3;3H,1,4-10H2,2H3;3,5-6H,1H3. The van der Waals surface area contributed by atoms with Gasteiger partial charge in [0.2, 0.25) is 6.29 Å². The lowest BCUT2D eigenvalue weighted by Gasteiger charge is -1.98. The van der Waals surface area contributed by atoms with Gasteiger partial charge in [0.05, 0.1) is 6.26 Å². The molecule has 0 aromatic heterocycles. The number of hydrogen-bond acceptors (Lipinski definition) is 5. The fourth-order valence-corrected chi connectivity index (χ4v) is 2.41. The molecule has 0 unspecified atom stereocenters. The monoisotopic (exact) mass is 442 g/mol. The number of rotatable bonds is 18. The van der Waals surface area contributed by atoms with Crippen molar-refractivity contribution < 1.29 is 24.5 Å². The van der Waals surface area contributed by atoms with Crippen molar-refractivity contribution in [1.82, 2.24) is 0 Å². The Morgan fingerprint density at radius 2 is 1.23 bits per heavy atom. The van der Waals surface area contributed by atoms with Crippen molar-refractivity contribution in [2.24, 2.45) is 0 Å². The summed E-state index contributed by atoms with van der Waals surface area (Å²) in [7, 11) is 0. The lowest BCUT2D eigenvalue weighted by atomic mass is 10.1. The molecule has 0 saturated heterocycles. The van der Waals surface area contributed by atoms with Gasteiger partial charge in [0.25, 0.3) is 0 Å². The molecule has 0 radical (unpaired) electrons. The van der Waals surface area contributed by atoms with E-state index in [0.717, 1.165) is 13.3 Å². The second kappa shape index (κ2) is 30.7. The van der Waals surface area contributed by atoms with Crippen LogP contribution in [0.1, 0.15) is 118 Å². The molecule has 0 spiro atoms. The highest BCUT2D eigenvalue weighted by Gasteiger charge is 1.99. The van der Waals surface area contributed by atoms with E-state index in [1.54, 1.807) is 6.26 Å². The second-order valence-corrected chi connectivity index (χ2v) is 7.77. The Labute approximate surface area is 192 Å². The number of carbonyl (C=O) groups is 2. The van der Waals surface area contributed by atoms with Crippen LogP contribution in [0, 0.1) is 0 Å². The van der Waals surface area contributed by atoms with Crippen molar-refractivity contribution in [3.05, 3.63) is 25.0 Å². The van der Waals surface area contributed by atoms with Crippen LogP contribution in [0.25, 0.3) is 0 Å². The molecule has 0 atom stereocenters. The zero-order valence-electron chi connectivity index (χ0n) is 20.7. The summed E-state index contributed by atoms with van der Waals surface area (Å²) in [5.41, 5.74) is 0. The first-order chi connectivity index (χ1) is 14.8. The molecular formula is C26H50O5. The Morgan fingerprint density at radius 1 is 0.806 bits per heavy atom. The highest BCUT2D eigenvalue weighted by molar-refractivity contribution is 5.78. The molecule has 0 amide bonds. The molecule has 0 fully saturated rings. The van der Waals surface area contributed by atoms with E-state index in [1.165, 1.54) is 90.4 Å². The van der Waals surface area contributed by atoms with Gasteiger partial charge in [-0.25, -0.2) is 0 Å². The minimum absolute atomic E-state index is 0.0687. The Kier molecular flexibility index (Phi) is 33.9. The highest BCUT2D eigenvalue weighted by atomic mass is 16.5. The number of allylic oxidation sites excluding steroid dienone is 2. The maximum atomic E-state index is 10.5. The van der Waals surface area contributed by atoms with Crippen molar-refractivity contribution in [2.75, 3.05) is 6.61 Å². The highest BCUT2D eigenvalue weighted by Crippen LogP contribution is 2.07. The second-order valence-electron chi connectivity index (χ2n) is 7.77. The van der Waals surface area contributed by atoms with E-state index in [1.807, 2.05) is 12.2 Å². The van der Waals surface area contributed by atoms with E-state index in [9.17, 15) is 9.59 Å². The van der Waals surface area contributed by atoms with Gasteiger partial charge in [-0.1, -0.05) is 84.1 Å². The van der Waals surface area contributed by atoms with E-state index in [4.69, 9.17) is 14.9 Å². The molecule has 0 aliphatic heterocycles. The molecule has 184 valence electrons. The largest absolute Gasteiger partial charge is 0.494 e. The maximum Gasteiger partial charge on any atom is 0.212 e. The lowest BCUT2D eigenvalue weighted by molar-refractivity contribution is -0.142. The van der Waals surface area contributed by atoms with Gasteiger partial charge in [-0.3, -0.25) is 9.59 Å².